The Bertz CT molecular complexity index is 550. The molecule has 1 aromatic rings. The highest BCUT2D eigenvalue weighted by Gasteiger charge is 2.37. The van der Waals surface area contributed by atoms with E-state index in [9.17, 15) is 9.59 Å². The van der Waals surface area contributed by atoms with Crippen LogP contribution in [0.25, 0.3) is 0 Å². The first-order valence-electron chi connectivity index (χ1n) is 6.95. The van der Waals surface area contributed by atoms with Gasteiger partial charge in [0.05, 0.1) is 0 Å². The van der Waals surface area contributed by atoms with Gasteiger partial charge in [0.25, 0.3) is 0 Å². The molecule has 0 aromatic heterocycles. The van der Waals surface area contributed by atoms with Crippen molar-refractivity contribution < 1.29 is 9.59 Å². The lowest BCUT2D eigenvalue weighted by Crippen LogP contribution is -2.30. The minimum absolute atomic E-state index is 0.0447. The SMILES string of the molecule is C=CC(=O)N1CCC(C)(CC(=O)c2cccc(C)c2)C1. The molecule has 20 heavy (non-hydrogen) atoms. The zero-order valence-electron chi connectivity index (χ0n) is 12.2. The third-order valence-electron chi connectivity index (χ3n) is 3.97. The second kappa shape index (κ2) is 5.61. The smallest absolute Gasteiger partial charge is 0.245 e. The van der Waals surface area contributed by atoms with Crippen molar-refractivity contribution in [2.45, 2.75) is 26.7 Å². The van der Waals surface area contributed by atoms with Crippen molar-refractivity contribution in [1.29, 1.82) is 0 Å². The summed E-state index contributed by atoms with van der Waals surface area (Å²) in [5.41, 5.74) is 1.73. The van der Waals surface area contributed by atoms with E-state index in [0.29, 0.717) is 19.5 Å². The van der Waals surface area contributed by atoms with E-state index in [0.717, 1.165) is 17.5 Å². The van der Waals surface area contributed by atoms with Gasteiger partial charge >= 0.3 is 0 Å². The number of hydrogen-bond acceptors (Lipinski definition) is 2. The Morgan fingerprint density at radius 1 is 1.45 bits per heavy atom. The molecule has 1 atom stereocenters. The fourth-order valence-electron chi connectivity index (χ4n) is 2.79. The lowest BCUT2D eigenvalue weighted by atomic mass is 9.82. The average Bonchev–Trinajstić information content (AvgIpc) is 2.80. The summed E-state index contributed by atoms with van der Waals surface area (Å²) in [4.78, 5) is 25.8. The first kappa shape index (κ1) is 14.5. The highest BCUT2D eigenvalue weighted by molar-refractivity contribution is 5.96. The standard InChI is InChI=1S/C17H21NO2/c1-4-16(20)18-9-8-17(3,12-18)11-15(19)14-7-5-6-13(2)10-14/h4-7,10H,1,8-9,11-12H2,2-3H3. The largest absolute Gasteiger partial charge is 0.339 e. The first-order chi connectivity index (χ1) is 9.43. The number of rotatable bonds is 4. The Hall–Kier alpha value is -1.90. The molecule has 0 saturated carbocycles. The second-order valence-electron chi connectivity index (χ2n) is 5.99. The van der Waals surface area contributed by atoms with Crippen LogP contribution in [0.4, 0.5) is 0 Å². The molecule has 1 fully saturated rings. The van der Waals surface area contributed by atoms with E-state index in [-0.39, 0.29) is 17.1 Å². The van der Waals surface area contributed by atoms with Crippen molar-refractivity contribution in [3.05, 3.63) is 48.0 Å². The van der Waals surface area contributed by atoms with Gasteiger partial charge in [-0.05, 0) is 30.9 Å². The maximum absolute atomic E-state index is 12.4. The van der Waals surface area contributed by atoms with E-state index in [4.69, 9.17) is 0 Å². The van der Waals surface area contributed by atoms with E-state index < -0.39 is 0 Å². The monoisotopic (exact) mass is 271 g/mol. The van der Waals surface area contributed by atoms with Crippen LogP contribution in [0.2, 0.25) is 0 Å². The van der Waals surface area contributed by atoms with Gasteiger partial charge in [-0.2, -0.15) is 0 Å². The Morgan fingerprint density at radius 3 is 2.85 bits per heavy atom. The van der Waals surface area contributed by atoms with Crippen LogP contribution in [0, 0.1) is 12.3 Å². The fourth-order valence-corrected chi connectivity index (χ4v) is 2.79. The third kappa shape index (κ3) is 3.16. The normalized spacial score (nSPS) is 21.8. The number of aryl methyl sites for hydroxylation is 1. The van der Waals surface area contributed by atoms with Crippen LogP contribution in [-0.4, -0.2) is 29.7 Å². The van der Waals surface area contributed by atoms with E-state index in [1.165, 1.54) is 6.08 Å². The molecular weight excluding hydrogens is 250 g/mol. The number of amides is 1. The number of hydrogen-bond donors (Lipinski definition) is 0. The molecule has 0 aliphatic carbocycles. The van der Waals surface area contributed by atoms with Gasteiger partial charge in [-0.1, -0.05) is 37.3 Å². The lowest BCUT2D eigenvalue weighted by Gasteiger charge is -2.23. The highest BCUT2D eigenvalue weighted by Crippen LogP contribution is 2.34. The van der Waals surface area contributed by atoms with Crippen LogP contribution in [0.5, 0.6) is 0 Å². The van der Waals surface area contributed by atoms with Crippen LogP contribution in [-0.2, 0) is 4.79 Å². The van der Waals surface area contributed by atoms with Crippen LogP contribution >= 0.6 is 0 Å². The van der Waals surface area contributed by atoms with Gasteiger partial charge in [0.2, 0.25) is 5.91 Å². The molecular formula is C17H21NO2. The molecule has 1 aromatic carbocycles. The maximum Gasteiger partial charge on any atom is 0.245 e. The van der Waals surface area contributed by atoms with Gasteiger partial charge in [-0.3, -0.25) is 9.59 Å². The Balaban J connectivity index is 2.05. The Morgan fingerprint density at radius 2 is 2.20 bits per heavy atom. The van der Waals surface area contributed by atoms with Gasteiger partial charge in [0, 0.05) is 25.1 Å². The first-order valence-corrected chi connectivity index (χ1v) is 6.95. The van der Waals surface area contributed by atoms with Gasteiger partial charge < -0.3 is 4.90 Å². The Kier molecular flexibility index (Phi) is 4.07. The minimum atomic E-state index is -0.125. The highest BCUT2D eigenvalue weighted by atomic mass is 16.2. The summed E-state index contributed by atoms with van der Waals surface area (Å²) in [6, 6.07) is 7.68. The maximum atomic E-state index is 12.4. The number of likely N-dealkylation sites (tertiary alicyclic amines) is 1. The molecule has 1 saturated heterocycles. The minimum Gasteiger partial charge on any atom is -0.339 e. The van der Waals surface area contributed by atoms with Crippen molar-refractivity contribution >= 4 is 11.7 Å². The number of carbonyl (C=O) groups is 2. The second-order valence-corrected chi connectivity index (χ2v) is 5.99. The van der Waals surface area contributed by atoms with E-state index in [1.54, 1.807) is 4.90 Å². The predicted octanol–water partition coefficient (Wildman–Crippen LogP) is 2.99. The van der Waals surface area contributed by atoms with Gasteiger partial charge in [-0.15, -0.1) is 0 Å². The van der Waals surface area contributed by atoms with Crippen molar-refractivity contribution in [1.82, 2.24) is 4.90 Å². The van der Waals surface area contributed by atoms with Crippen molar-refractivity contribution in [3.63, 3.8) is 0 Å². The van der Waals surface area contributed by atoms with E-state index in [1.807, 2.05) is 31.2 Å². The molecule has 1 aliphatic heterocycles. The molecule has 2 rings (SSSR count). The zero-order chi connectivity index (χ0) is 14.8. The van der Waals surface area contributed by atoms with E-state index in [2.05, 4.69) is 13.5 Å². The summed E-state index contributed by atoms with van der Waals surface area (Å²) in [7, 11) is 0. The third-order valence-corrected chi connectivity index (χ3v) is 3.97. The van der Waals surface area contributed by atoms with Crippen LogP contribution in [0.1, 0.15) is 35.7 Å². The topological polar surface area (TPSA) is 37.4 Å². The number of ketones is 1. The fraction of sp³-hybridized carbons (Fsp3) is 0.412. The number of nitrogens with zero attached hydrogens (tertiary/aromatic N) is 1. The number of Topliss-reactive ketones (excluding diaryl/α,β-unsaturated/α-hetero) is 1. The molecule has 0 spiro atoms. The Labute approximate surface area is 120 Å². The predicted molar refractivity (Wildman–Crippen MR) is 79.6 cm³/mol. The van der Waals surface area contributed by atoms with Crippen molar-refractivity contribution in [2.75, 3.05) is 13.1 Å². The van der Waals surface area contributed by atoms with Crippen molar-refractivity contribution in [3.8, 4) is 0 Å². The molecule has 1 heterocycles. The summed E-state index contributed by atoms with van der Waals surface area (Å²) >= 11 is 0. The quantitative estimate of drug-likeness (QED) is 0.623. The van der Waals surface area contributed by atoms with Gasteiger partial charge in [0.1, 0.15) is 0 Å². The van der Waals surface area contributed by atoms with Crippen LogP contribution < -0.4 is 0 Å². The van der Waals surface area contributed by atoms with Crippen LogP contribution in [0.3, 0.4) is 0 Å². The molecule has 0 N–H and O–H groups in total. The number of benzene rings is 1. The van der Waals surface area contributed by atoms with Crippen LogP contribution in [0.15, 0.2) is 36.9 Å². The zero-order valence-corrected chi connectivity index (χ0v) is 12.2. The molecule has 3 heteroatoms. The average molecular weight is 271 g/mol. The molecule has 106 valence electrons. The van der Waals surface area contributed by atoms with Gasteiger partial charge in [-0.25, -0.2) is 0 Å². The molecule has 1 aliphatic rings. The summed E-state index contributed by atoms with van der Waals surface area (Å²) < 4.78 is 0. The van der Waals surface area contributed by atoms with Crippen molar-refractivity contribution in [2.24, 2.45) is 5.41 Å². The summed E-state index contributed by atoms with van der Waals surface area (Å²) in [5.74, 6) is 0.112. The molecule has 1 unspecified atom stereocenters. The number of carbonyl (C=O) groups excluding carboxylic acids is 2. The lowest BCUT2D eigenvalue weighted by molar-refractivity contribution is -0.125. The molecule has 3 nitrogen and oxygen atoms in total. The summed E-state index contributed by atoms with van der Waals surface area (Å²) in [5, 5.41) is 0. The molecule has 0 radical (unpaired) electrons. The van der Waals surface area contributed by atoms with E-state index >= 15 is 0 Å². The molecule has 0 bridgehead atoms. The van der Waals surface area contributed by atoms with Gasteiger partial charge in [0.15, 0.2) is 5.78 Å². The summed E-state index contributed by atoms with van der Waals surface area (Å²) in [6.07, 6.45) is 2.69. The summed E-state index contributed by atoms with van der Waals surface area (Å²) in [6.45, 7) is 8.92. The molecule has 1 amide bonds.